The highest BCUT2D eigenvalue weighted by atomic mass is 32.2. The highest BCUT2D eigenvalue weighted by Crippen LogP contribution is 2.27. The molecule has 0 unspecified atom stereocenters. The summed E-state index contributed by atoms with van der Waals surface area (Å²) in [5.74, 6) is 0. The van der Waals surface area contributed by atoms with Crippen LogP contribution in [0.25, 0.3) is 27.8 Å². The summed E-state index contributed by atoms with van der Waals surface area (Å²) in [5.41, 5.74) is 3.14. The van der Waals surface area contributed by atoms with Gasteiger partial charge in [-0.15, -0.1) is 0 Å². The average Bonchev–Trinajstić information content (AvgIpc) is 3.23. The molecule has 0 bridgehead atoms. The van der Waals surface area contributed by atoms with Gasteiger partial charge in [0, 0.05) is 35.6 Å². The summed E-state index contributed by atoms with van der Waals surface area (Å²) in [7, 11) is -2.74. The Labute approximate surface area is 133 Å². The minimum absolute atomic E-state index is 0.124. The normalized spacial score (nSPS) is 11.3. The zero-order valence-corrected chi connectivity index (χ0v) is 12.7. The number of hydrogen-bond acceptors (Lipinski definition) is 4. The minimum atomic E-state index is -2.74. The van der Waals surface area contributed by atoms with Gasteiger partial charge in [0.2, 0.25) is 0 Å². The van der Waals surface area contributed by atoms with Crippen LogP contribution in [-0.4, -0.2) is 28.2 Å². The van der Waals surface area contributed by atoms with E-state index in [0.29, 0.717) is 5.69 Å². The van der Waals surface area contributed by atoms with E-state index in [0.717, 1.165) is 22.2 Å². The highest BCUT2D eigenvalue weighted by Gasteiger charge is 2.11. The Morgan fingerprint density at radius 2 is 2.13 bits per heavy atom. The third-order valence-corrected chi connectivity index (χ3v) is 4.32. The lowest BCUT2D eigenvalue weighted by molar-refractivity contribution is 0.613. The summed E-state index contributed by atoms with van der Waals surface area (Å²) in [6.45, 7) is 0. The molecule has 4 aromatic rings. The van der Waals surface area contributed by atoms with Crippen molar-refractivity contribution in [3.8, 4) is 16.8 Å². The summed E-state index contributed by atoms with van der Waals surface area (Å²) in [6, 6.07) is 11.6. The van der Waals surface area contributed by atoms with E-state index in [-0.39, 0.29) is 4.90 Å². The van der Waals surface area contributed by atoms with Gasteiger partial charge in [0.1, 0.15) is 5.65 Å². The number of nitrogens with one attached hydrogen (secondary N) is 1. The second kappa shape index (κ2) is 5.36. The van der Waals surface area contributed by atoms with Crippen molar-refractivity contribution in [2.75, 3.05) is 0 Å². The number of rotatable bonds is 3. The molecule has 6 nitrogen and oxygen atoms in total. The lowest BCUT2D eigenvalue weighted by Crippen LogP contribution is -1.98. The number of benzene rings is 1. The van der Waals surface area contributed by atoms with Crippen molar-refractivity contribution < 1.29 is 8.42 Å². The topological polar surface area (TPSA) is 80.6 Å². The first-order valence-corrected chi connectivity index (χ1v) is 8.04. The maximum absolute atomic E-state index is 11.4. The molecular weight excluding hydrogens is 312 g/mol. The molecule has 4 rings (SSSR count). The molecule has 0 amide bonds. The first-order chi connectivity index (χ1) is 11.2. The number of thiol groups is 1. The summed E-state index contributed by atoms with van der Waals surface area (Å²) in [5, 5.41) is 5.28. The van der Waals surface area contributed by atoms with Crippen LogP contribution in [0.4, 0.5) is 0 Å². The van der Waals surface area contributed by atoms with E-state index in [1.165, 1.54) is 0 Å². The minimum Gasteiger partial charge on any atom is -0.346 e. The third kappa shape index (κ3) is 2.31. The van der Waals surface area contributed by atoms with E-state index in [1.54, 1.807) is 41.5 Å². The lowest BCUT2D eigenvalue weighted by Gasteiger charge is -2.03. The van der Waals surface area contributed by atoms with Crippen LogP contribution in [0.15, 0.2) is 60.0 Å². The first-order valence-electron chi connectivity index (χ1n) is 6.86. The van der Waals surface area contributed by atoms with Crippen molar-refractivity contribution in [2.45, 2.75) is 4.90 Å². The van der Waals surface area contributed by atoms with Crippen molar-refractivity contribution in [1.82, 2.24) is 19.7 Å². The van der Waals surface area contributed by atoms with Gasteiger partial charge in [-0.1, -0.05) is 12.1 Å². The van der Waals surface area contributed by atoms with Crippen LogP contribution in [0.1, 0.15) is 0 Å². The van der Waals surface area contributed by atoms with Gasteiger partial charge < -0.3 is 4.98 Å². The molecule has 3 heterocycles. The number of fused-ring (bicyclic) bond motifs is 1. The molecule has 0 saturated carbocycles. The van der Waals surface area contributed by atoms with E-state index in [4.69, 9.17) is 0 Å². The summed E-state index contributed by atoms with van der Waals surface area (Å²) >= 11 is 0. The van der Waals surface area contributed by atoms with Crippen molar-refractivity contribution in [2.24, 2.45) is 0 Å². The van der Waals surface area contributed by atoms with Crippen molar-refractivity contribution in [1.29, 1.82) is 0 Å². The molecule has 3 aromatic heterocycles. The molecule has 0 fully saturated rings. The van der Waals surface area contributed by atoms with Crippen LogP contribution in [0.5, 0.6) is 0 Å². The number of hydrogen-bond donors (Lipinski definition) is 2. The van der Waals surface area contributed by atoms with E-state index in [9.17, 15) is 8.42 Å². The number of pyridine rings is 1. The lowest BCUT2D eigenvalue weighted by atomic mass is 10.1. The van der Waals surface area contributed by atoms with Gasteiger partial charge in [0.25, 0.3) is 0 Å². The largest absolute Gasteiger partial charge is 0.346 e. The fourth-order valence-electron chi connectivity index (χ4n) is 2.56. The molecule has 0 aliphatic carbocycles. The molecule has 0 saturated heterocycles. The molecule has 0 aliphatic rings. The van der Waals surface area contributed by atoms with Gasteiger partial charge in [-0.25, -0.2) is 18.1 Å². The van der Waals surface area contributed by atoms with Crippen LogP contribution in [0.3, 0.4) is 0 Å². The van der Waals surface area contributed by atoms with E-state index in [1.807, 2.05) is 18.3 Å². The summed E-state index contributed by atoms with van der Waals surface area (Å²) in [4.78, 5) is 7.45. The number of aromatic nitrogens is 4. The molecule has 0 spiro atoms. The Kier molecular flexibility index (Phi) is 3.20. The molecule has 0 atom stereocenters. The molecule has 1 aromatic carbocycles. The molecule has 7 heteroatoms. The molecule has 1 radical (unpaired) electrons. The zero-order chi connectivity index (χ0) is 15.8. The molecular formula is C16H11N4O2S. The summed E-state index contributed by atoms with van der Waals surface area (Å²) in [6.07, 6.45) is 7.06. The standard InChI is InChI=1S/C16H11N4O2S/c21-23(22)15-4-2-1-3-14(15)20-10-11(9-19-20)12-5-7-17-16-13(12)6-8-18-16/h1-3,5-10,23H,(H,17,18). The van der Waals surface area contributed by atoms with Crippen LogP contribution in [0, 0.1) is 6.07 Å². The van der Waals surface area contributed by atoms with Gasteiger partial charge in [0.15, 0.2) is 10.7 Å². The Balaban J connectivity index is 1.86. The maximum Gasteiger partial charge on any atom is 0.171 e. The Bertz CT molecular complexity index is 1070. The fourth-order valence-corrected chi connectivity index (χ4v) is 3.10. The average molecular weight is 323 g/mol. The SMILES string of the molecule is O=[SH](=O)c1[c]cccc1-n1cc(-c2ccnc3[nH]ccc23)cn1. The van der Waals surface area contributed by atoms with Gasteiger partial charge in [0.05, 0.1) is 16.8 Å². The van der Waals surface area contributed by atoms with Gasteiger partial charge in [-0.05, 0) is 23.8 Å². The van der Waals surface area contributed by atoms with E-state index < -0.39 is 10.7 Å². The first kappa shape index (κ1) is 13.7. The Morgan fingerprint density at radius 3 is 3.00 bits per heavy atom. The molecule has 0 aliphatic heterocycles. The molecule has 23 heavy (non-hydrogen) atoms. The summed E-state index contributed by atoms with van der Waals surface area (Å²) < 4.78 is 24.3. The Morgan fingerprint density at radius 1 is 1.22 bits per heavy atom. The van der Waals surface area contributed by atoms with Crippen LogP contribution in [-0.2, 0) is 10.7 Å². The quantitative estimate of drug-likeness (QED) is 0.566. The number of H-pyrrole nitrogens is 1. The van der Waals surface area contributed by atoms with Crippen molar-refractivity contribution >= 4 is 21.7 Å². The van der Waals surface area contributed by atoms with Gasteiger partial charge >= 0.3 is 0 Å². The van der Waals surface area contributed by atoms with Gasteiger partial charge in [-0.2, -0.15) is 5.10 Å². The highest BCUT2D eigenvalue weighted by molar-refractivity contribution is 7.72. The van der Waals surface area contributed by atoms with Crippen molar-refractivity contribution in [3.63, 3.8) is 0 Å². The molecule has 113 valence electrons. The molecule has 1 N–H and O–H groups in total. The van der Waals surface area contributed by atoms with Crippen LogP contribution in [0.2, 0.25) is 0 Å². The van der Waals surface area contributed by atoms with Crippen LogP contribution >= 0.6 is 0 Å². The number of aromatic amines is 1. The van der Waals surface area contributed by atoms with E-state index in [2.05, 4.69) is 21.1 Å². The number of nitrogens with zero attached hydrogens (tertiary/aromatic N) is 3. The second-order valence-electron chi connectivity index (χ2n) is 4.93. The third-order valence-electron chi connectivity index (χ3n) is 3.60. The Hall–Kier alpha value is -2.93. The van der Waals surface area contributed by atoms with Crippen LogP contribution < -0.4 is 0 Å². The predicted molar refractivity (Wildman–Crippen MR) is 86.1 cm³/mol. The monoisotopic (exact) mass is 323 g/mol. The second-order valence-corrected chi connectivity index (χ2v) is 5.89. The fraction of sp³-hybridized carbons (Fsp3) is 0. The maximum atomic E-state index is 11.4. The zero-order valence-electron chi connectivity index (χ0n) is 11.8. The van der Waals surface area contributed by atoms with Gasteiger partial charge in [-0.3, -0.25) is 0 Å². The van der Waals surface area contributed by atoms with E-state index >= 15 is 0 Å². The smallest absolute Gasteiger partial charge is 0.171 e. The predicted octanol–water partition coefficient (Wildman–Crippen LogP) is 2.19. The van der Waals surface area contributed by atoms with Crippen molar-refractivity contribution in [3.05, 3.63) is 61.2 Å².